The van der Waals surface area contributed by atoms with Crippen LogP contribution in [0.15, 0.2) is 89.1 Å². The third kappa shape index (κ3) is 9.34. The van der Waals surface area contributed by atoms with E-state index in [0.29, 0.717) is 47.6 Å². The van der Waals surface area contributed by atoms with E-state index in [1.807, 2.05) is 0 Å². The highest BCUT2D eigenvalue weighted by Crippen LogP contribution is 2.50. The molecule has 0 heterocycles. The van der Waals surface area contributed by atoms with E-state index in [1.165, 1.54) is 101 Å². The van der Waals surface area contributed by atoms with Gasteiger partial charge in [-0.15, -0.1) is 0 Å². The summed E-state index contributed by atoms with van der Waals surface area (Å²) in [5.74, 6) is 3.41. The molecule has 2 nitrogen and oxygen atoms in total. The van der Waals surface area contributed by atoms with Crippen molar-refractivity contribution in [1.82, 2.24) is 0 Å². The standard InChI is InChI=1S/C50H71ClN2/c1-49(2,3)38-27-43(34-19-11-7-12-20-34)47(44(28-38)35-21-13-8-14-22-35)52-41-31-40(51)32-42(33-41)53-48-45(36-23-15-9-16-24-36)29-39(50(4,5)6)30-46(48)37-25-17-10-18-26-37/h7,9,11,15,21,25,27,29,31-34,36,38-39,44,46-48,52-53H,8,10,12-14,16-20,22-24,26,28,30H2,1-6H3. The fourth-order valence-corrected chi connectivity index (χ4v) is 11.1. The van der Waals surface area contributed by atoms with Crippen molar-refractivity contribution in [3.63, 3.8) is 0 Å². The third-order valence-corrected chi connectivity index (χ3v) is 14.4. The fourth-order valence-electron chi connectivity index (χ4n) is 10.9. The van der Waals surface area contributed by atoms with Gasteiger partial charge in [-0.2, -0.15) is 0 Å². The van der Waals surface area contributed by atoms with Crippen LogP contribution in [0.5, 0.6) is 0 Å². The summed E-state index contributed by atoms with van der Waals surface area (Å²) < 4.78 is 0. The van der Waals surface area contributed by atoms with Crippen LogP contribution in [0.3, 0.4) is 0 Å². The van der Waals surface area contributed by atoms with E-state index >= 15 is 0 Å². The number of anilines is 2. The van der Waals surface area contributed by atoms with Crippen molar-refractivity contribution in [3.05, 3.63) is 94.1 Å². The Morgan fingerprint density at radius 3 is 1.38 bits per heavy atom. The molecule has 288 valence electrons. The maximum Gasteiger partial charge on any atom is 0.0542 e. The summed E-state index contributed by atoms with van der Waals surface area (Å²) in [6.07, 6.45) is 40.4. The second-order valence-electron chi connectivity index (χ2n) is 19.9. The molecule has 6 aliphatic carbocycles. The molecule has 53 heavy (non-hydrogen) atoms. The molecule has 6 aliphatic rings. The average molecular weight is 736 g/mol. The molecule has 8 unspecified atom stereocenters. The molecule has 1 aromatic carbocycles. The molecule has 0 radical (unpaired) electrons. The van der Waals surface area contributed by atoms with Gasteiger partial charge in [0, 0.05) is 28.2 Å². The highest BCUT2D eigenvalue weighted by molar-refractivity contribution is 6.31. The predicted molar refractivity (Wildman–Crippen MR) is 231 cm³/mol. The second kappa shape index (κ2) is 16.7. The lowest BCUT2D eigenvalue weighted by molar-refractivity contribution is 0.225. The highest BCUT2D eigenvalue weighted by Gasteiger charge is 2.42. The van der Waals surface area contributed by atoms with Crippen molar-refractivity contribution in [3.8, 4) is 0 Å². The second-order valence-corrected chi connectivity index (χ2v) is 20.4. The normalized spacial score (nSPS) is 32.7. The summed E-state index contributed by atoms with van der Waals surface area (Å²) in [7, 11) is 0. The quantitative estimate of drug-likeness (QED) is 0.260. The first-order chi connectivity index (χ1) is 25.4. The van der Waals surface area contributed by atoms with Crippen LogP contribution in [0.1, 0.15) is 144 Å². The van der Waals surface area contributed by atoms with E-state index in [4.69, 9.17) is 11.6 Å². The van der Waals surface area contributed by atoms with E-state index in [2.05, 4.69) is 119 Å². The van der Waals surface area contributed by atoms with Crippen molar-refractivity contribution < 1.29 is 0 Å². The van der Waals surface area contributed by atoms with Crippen molar-refractivity contribution in [1.29, 1.82) is 0 Å². The third-order valence-electron chi connectivity index (χ3n) is 14.2. The summed E-state index contributed by atoms with van der Waals surface area (Å²) >= 11 is 7.14. The summed E-state index contributed by atoms with van der Waals surface area (Å²) in [5, 5.41) is 9.32. The Hall–Kier alpha value is -2.45. The SMILES string of the molecule is CC(C)(C)C1C=C(C2CC=CCC2)C(Nc2cc(Cl)cc(NC3C(C4CC=CCC4)=CC(C(C)(C)C)CC3C3=CCCCC3)c2)C(C2=CCCCC2)C1. The molecule has 0 aliphatic heterocycles. The molecule has 8 atom stereocenters. The van der Waals surface area contributed by atoms with Gasteiger partial charge in [-0.25, -0.2) is 0 Å². The van der Waals surface area contributed by atoms with Gasteiger partial charge in [-0.3, -0.25) is 0 Å². The first-order valence-corrected chi connectivity index (χ1v) is 22.3. The van der Waals surface area contributed by atoms with Gasteiger partial charge in [0.25, 0.3) is 0 Å². The molecule has 3 heteroatoms. The molecule has 2 N–H and O–H groups in total. The Morgan fingerprint density at radius 2 is 1.02 bits per heavy atom. The van der Waals surface area contributed by atoms with Crippen LogP contribution >= 0.6 is 11.6 Å². The number of hydrogen-bond acceptors (Lipinski definition) is 2. The Labute approximate surface area is 329 Å². The van der Waals surface area contributed by atoms with E-state index in [9.17, 15) is 0 Å². The van der Waals surface area contributed by atoms with Crippen molar-refractivity contribution in [2.75, 3.05) is 10.6 Å². The number of halogens is 1. The minimum atomic E-state index is 0.247. The van der Waals surface area contributed by atoms with Crippen LogP contribution in [0, 0.1) is 46.3 Å². The fraction of sp³-hybridized carbons (Fsp3) is 0.640. The van der Waals surface area contributed by atoms with Gasteiger partial charge in [-0.05, 0) is 167 Å². The molecule has 0 aromatic heterocycles. The lowest BCUT2D eigenvalue weighted by atomic mass is 9.63. The number of benzene rings is 1. The summed E-state index contributed by atoms with van der Waals surface area (Å²) in [4.78, 5) is 0. The first-order valence-electron chi connectivity index (χ1n) is 21.9. The smallest absolute Gasteiger partial charge is 0.0542 e. The molecule has 1 aromatic rings. The summed E-state index contributed by atoms with van der Waals surface area (Å²) in [5.41, 5.74) is 9.56. The Morgan fingerprint density at radius 1 is 0.566 bits per heavy atom. The van der Waals surface area contributed by atoms with Gasteiger partial charge >= 0.3 is 0 Å². The molecule has 0 fully saturated rings. The van der Waals surface area contributed by atoms with Gasteiger partial charge < -0.3 is 10.6 Å². The number of nitrogens with one attached hydrogen (secondary N) is 2. The predicted octanol–water partition coefficient (Wildman–Crippen LogP) is 14.8. The van der Waals surface area contributed by atoms with Crippen LogP contribution in [-0.2, 0) is 0 Å². The molecule has 0 saturated heterocycles. The minimum Gasteiger partial charge on any atom is -0.378 e. The van der Waals surface area contributed by atoms with Crippen LogP contribution < -0.4 is 10.6 Å². The zero-order valence-corrected chi connectivity index (χ0v) is 34.9. The van der Waals surface area contributed by atoms with Crippen LogP contribution in [0.2, 0.25) is 5.02 Å². The topological polar surface area (TPSA) is 24.1 Å². The van der Waals surface area contributed by atoms with E-state index in [0.717, 1.165) is 17.9 Å². The Kier molecular flexibility index (Phi) is 12.3. The molecule has 0 bridgehead atoms. The van der Waals surface area contributed by atoms with Crippen molar-refractivity contribution in [2.45, 2.75) is 156 Å². The van der Waals surface area contributed by atoms with Gasteiger partial charge in [0.2, 0.25) is 0 Å². The molecule has 0 spiro atoms. The number of hydrogen-bond donors (Lipinski definition) is 2. The lowest BCUT2D eigenvalue weighted by Crippen LogP contribution is -2.42. The molecule has 0 amide bonds. The van der Waals surface area contributed by atoms with Crippen molar-refractivity contribution in [2.24, 2.45) is 46.3 Å². The molecule has 7 rings (SSSR count). The van der Waals surface area contributed by atoms with Crippen LogP contribution in [0.4, 0.5) is 11.4 Å². The number of allylic oxidation sites excluding steroid dienone is 8. The summed E-state index contributed by atoms with van der Waals surface area (Å²) in [6.45, 7) is 14.7. The summed E-state index contributed by atoms with van der Waals surface area (Å²) in [6, 6.07) is 7.41. The lowest BCUT2D eigenvalue weighted by Gasteiger charge is -2.46. The maximum absolute atomic E-state index is 7.14. The maximum atomic E-state index is 7.14. The van der Waals surface area contributed by atoms with E-state index in [-0.39, 0.29) is 10.8 Å². The zero-order chi connectivity index (χ0) is 37.2. The number of rotatable bonds is 8. The zero-order valence-electron chi connectivity index (χ0n) is 34.2. The van der Waals surface area contributed by atoms with E-state index in [1.54, 1.807) is 22.3 Å². The highest BCUT2D eigenvalue weighted by atomic mass is 35.5. The average Bonchev–Trinajstić information content (AvgIpc) is 3.15. The molecular weight excluding hydrogens is 664 g/mol. The van der Waals surface area contributed by atoms with Gasteiger partial charge in [0.05, 0.1) is 12.1 Å². The van der Waals surface area contributed by atoms with Crippen LogP contribution in [0.25, 0.3) is 0 Å². The van der Waals surface area contributed by atoms with Gasteiger partial charge in [0.1, 0.15) is 0 Å². The largest absolute Gasteiger partial charge is 0.378 e. The molecule has 0 saturated carbocycles. The monoisotopic (exact) mass is 735 g/mol. The van der Waals surface area contributed by atoms with Crippen LogP contribution in [-0.4, -0.2) is 12.1 Å². The Bertz CT molecular complexity index is 1500. The van der Waals surface area contributed by atoms with Crippen molar-refractivity contribution >= 4 is 23.0 Å². The first kappa shape index (κ1) is 38.8. The van der Waals surface area contributed by atoms with Gasteiger partial charge in [0.15, 0.2) is 0 Å². The molecular formula is C50H71ClN2. The Balaban J connectivity index is 1.25. The van der Waals surface area contributed by atoms with E-state index < -0.39 is 0 Å². The van der Waals surface area contributed by atoms with Gasteiger partial charge in [-0.1, -0.05) is 113 Å². The minimum absolute atomic E-state index is 0.247.